The SMILES string of the molecule is COC1CC(CC(=O)O)N(C(=O)c2ccc(C3CCC3)cc2)C1. The van der Waals surface area contributed by atoms with Crippen LogP contribution in [0.25, 0.3) is 0 Å². The number of hydrogen-bond acceptors (Lipinski definition) is 3. The lowest BCUT2D eigenvalue weighted by Crippen LogP contribution is -2.37. The number of carboxylic acids is 1. The molecule has 1 aromatic carbocycles. The first kappa shape index (κ1) is 16.0. The summed E-state index contributed by atoms with van der Waals surface area (Å²) < 4.78 is 5.33. The Morgan fingerprint density at radius 3 is 2.48 bits per heavy atom. The highest BCUT2D eigenvalue weighted by molar-refractivity contribution is 5.95. The average molecular weight is 317 g/mol. The minimum atomic E-state index is -0.884. The van der Waals surface area contributed by atoms with Gasteiger partial charge in [-0.3, -0.25) is 9.59 Å². The Labute approximate surface area is 136 Å². The molecule has 2 fully saturated rings. The van der Waals surface area contributed by atoms with Crippen LogP contribution in [-0.4, -0.2) is 47.7 Å². The van der Waals surface area contributed by atoms with Crippen LogP contribution < -0.4 is 0 Å². The Bertz CT molecular complexity index is 579. The molecule has 0 aromatic heterocycles. The summed E-state index contributed by atoms with van der Waals surface area (Å²) in [6.07, 6.45) is 4.21. The van der Waals surface area contributed by atoms with Gasteiger partial charge >= 0.3 is 5.97 Å². The maximum atomic E-state index is 12.7. The molecule has 2 aliphatic rings. The molecular weight excluding hydrogens is 294 g/mol. The molecule has 1 saturated carbocycles. The van der Waals surface area contributed by atoms with E-state index in [0.717, 1.165) is 0 Å². The number of carboxylic acid groups (broad SMARTS) is 1. The van der Waals surface area contributed by atoms with E-state index < -0.39 is 5.97 Å². The molecule has 0 spiro atoms. The minimum Gasteiger partial charge on any atom is -0.481 e. The van der Waals surface area contributed by atoms with Crippen molar-refractivity contribution in [2.75, 3.05) is 13.7 Å². The predicted octanol–water partition coefficient (Wildman–Crippen LogP) is 2.66. The molecule has 0 radical (unpaired) electrons. The van der Waals surface area contributed by atoms with Crippen LogP contribution in [0.2, 0.25) is 0 Å². The zero-order valence-electron chi connectivity index (χ0n) is 13.4. The first-order chi connectivity index (χ1) is 11.1. The van der Waals surface area contributed by atoms with Crippen molar-refractivity contribution in [1.29, 1.82) is 0 Å². The second-order valence-electron chi connectivity index (χ2n) is 6.55. The number of methoxy groups -OCH3 is 1. The van der Waals surface area contributed by atoms with Crippen LogP contribution in [0.1, 0.15) is 53.9 Å². The van der Waals surface area contributed by atoms with Gasteiger partial charge in [0.25, 0.3) is 5.91 Å². The molecule has 1 aliphatic heterocycles. The van der Waals surface area contributed by atoms with Gasteiger partial charge < -0.3 is 14.7 Å². The van der Waals surface area contributed by atoms with Crippen molar-refractivity contribution in [3.63, 3.8) is 0 Å². The van der Waals surface area contributed by atoms with Crippen LogP contribution in [0.15, 0.2) is 24.3 Å². The van der Waals surface area contributed by atoms with E-state index in [1.54, 1.807) is 12.0 Å². The summed E-state index contributed by atoms with van der Waals surface area (Å²) in [6.45, 7) is 0.456. The summed E-state index contributed by atoms with van der Waals surface area (Å²) in [5, 5.41) is 9.06. The number of hydrogen-bond donors (Lipinski definition) is 1. The molecule has 0 bridgehead atoms. The highest BCUT2D eigenvalue weighted by atomic mass is 16.5. The first-order valence-electron chi connectivity index (χ1n) is 8.24. The van der Waals surface area contributed by atoms with Crippen molar-refractivity contribution < 1.29 is 19.4 Å². The third-order valence-electron chi connectivity index (χ3n) is 5.11. The molecule has 124 valence electrons. The molecule has 1 saturated heterocycles. The summed E-state index contributed by atoms with van der Waals surface area (Å²) in [6, 6.07) is 7.51. The molecule has 1 N–H and O–H groups in total. The second-order valence-corrected chi connectivity index (χ2v) is 6.55. The number of nitrogens with zero attached hydrogens (tertiary/aromatic N) is 1. The summed E-state index contributed by atoms with van der Waals surface area (Å²) >= 11 is 0. The van der Waals surface area contributed by atoms with Crippen LogP contribution in [-0.2, 0) is 9.53 Å². The number of likely N-dealkylation sites (tertiary alicyclic amines) is 1. The lowest BCUT2D eigenvalue weighted by Gasteiger charge is -2.26. The number of carbonyl (C=O) groups excluding carboxylic acids is 1. The Morgan fingerprint density at radius 2 is 1.96 bits per heavy atom. The van der Waals surface area contributed by atoms with Crippen LogP contribution in [0.5, 0.6) is 0 Å². The summed E-state index contributed by atoms with van der Waals surface area (Å²) in [4.78, 5) is 25.4. The van der Waals surface area contributed by atoms with Gasteiger partial charge in [0.05, 0.1) is 12.5 Å². The maximum absolute atomic E-state index is 12.7. The first-order valence-corrected chi connectivity index (χ1v) is 8.24. The van der Waals surface area contributed by atoms with E-state index in [2.05, 4.69) is 0 Å². The Balaban J connectivity index is 1.73. The fourth-order valence-corrected chi connectivity index (χ4v) is 3.49. The van der Waals surface area contributed by atoms with Gasteiger partial charge in [-0.15, -0.1) is 0 Å². The van der Waals surface area contributed by atoms with Crippen LogP contribution >= 0.6 is 0 Å². The molecule has 5 heteroatoms. The minimum absolute atomic E-state index is 0.0360. The van der Waals surface area contributed by atoms with Gasteiger partial charge in [0.15, 0.2) is 0 Å². The summed E-state index contributed by atoms with van der Waals surface area (Å²) in [5.74, 6) is -0.343. The fourth-order valence-electron chi connectivity index (χ4n) is 3.49. The largest absolute Gasteiger partial charge is 0.481 e. The van der Waals surface area contributed by atoms with E-state index in [1.165, 1.54) is 24.8 Å². The Hall–Kier alpha value is -1.88. The number of carbonyl (C=O) groups is 2. The molecule has 1 aliphatic carbocycles. The lowest BCUT2D eigenvalue weighted by atomic mass is 9.80. The highest BCUT2D eigenvalue weighted by Gasteiger charge is 2.36. The molecule has 2 unspecified atom stereocenters. The number of rotatable bonds is 5. The zero-order chi connectivity index (χ0) is 16.4. The van der Waals surface area contributed by atoms with Gasteiger partial charge in [-0.25, -0.2) is 0 Å². The summed E-state index contributed by atoms with van der Waals surface area (Å²) in [7, 11) is 1.60. The van der Waals surface area contributed by atoms with Crippen molar-refractivity contribution >= 4 is 11.9 Å². The van der Waals surface area contributed by atoms with Crippen molar-refractivity contribution in [2.24, 2.45) is 0 Å². The van der Waals surface area contributed by atoms with Crippen molar-refractivity contribution in [3.8, 4) is 0 Å². The van der Waals surface area contributed by atoms with E-state index in [9.17, 15) is 9.59 Å². The van der Waals surface area contributed by atoms with Gasteiger partial charge in [0.1, 0.15) is 0 Å². The number of amides is 1. The van der Waals surface area contributed by atoms with E-state index >= 15 is 0 Å². The lowest BCUT2D eigenvalue weighted by molar-refractivity contribution is -0.137. The van der Waals surface area contributed by atoms with Gasteiger partial charge in [0.2, 0.25) is 0 Å². The molecule has 1 amide bonds. The van der Waals surface area contributed by atoms with Gasteiger partial charge in [0, 0.05) is 25.3 Å². The van der Waals surface area contributed by atoms with Crippen LogP contribution in [0.3, 0.4) is 0 Å². The summed E-state index contributed by atoms with van der Waals surface area (Å²) in [5.41, 5.74) is 1.92. The fraction of sp³-hybridized carbons (Fsp3) is 0.556. The number of aliphatic carboxylic acids is 1. The number of ether oxygens (including phenoxy) is 1. The van der Waals surface area contributed by atoms with Crippen molar-refractivity contribution in [3.05, 3.63) is 35.4 Å². The molecule has 5 nitrogen and oxygen atoms in total. The Kier molecular flexibility index (Phi) is 4.66. The predicted molar refractivity (Wildman–Crippen MR) is 85.5 cm³/mol. The molecule has 1 aromatic rings. The maximum Gasteiger partial charge on any atom is 0.305 e. The average Bonchev–Trinajstić information content (AvgIpc) is 2.88. The number of benzene rings is 1. The molecule has 23 heavy (non-hydrogen) atoms. The van der Waals surface area contributed by atoms with Gasteiger partial charge in [-0.1, -0.05) is 18.6 Å². The van der Waals surface area contributed by atoms with E-state index in [-0.39, 0.29) is 24.5 Å². The van der Waals surface area contributed by atoms with E-state index in [1.807, 2.05) is 24.3 Å². The normalized spacial score (nSPS) is 24.5. The zero-order valence-corrected chi connectivity index (χ0v) is 13.4. The Morgan fingerprint density at radius 1 is 1.26 bits per heavy atom. The quantitative estimate of drug-likeness (QED) is 0.906. The van der Waals surface area contributed by atoms with Crippen molar-refractivity contribution in [2.45, 2.75) is 50.2 Å². The van der Waals surface area contributed by atoms with Crippen LogP contribution in [0.4, 0.5) is 0 Å². The van der Waals surface area contributed by atoms with Gasteiger partial charge in [-0.2, -0.15) is 0 Å². The topological polar surface area (TPSA) is 66.8 Å². The second kappa shape index (κ2) is 6.71. The van der Waals surface area contributed by atoms with Gasteiger partial charge in [-0.05, 0) is 42.9 Å². The third-order valence-corrected chi connectivity index (χ3v) is 5.11. The third kappa shape index (κ3) is 3.39. The molecule has 1 heterocycles. The standard InChI is InChI=1S/C18H23NO4/c1-23-16-9-15(10-17(20)21)19(11-16)18(22)14-7-5-13(6-8-14)12-3-2-4-12/h5-8,12,15-16H,2-4,9-11H2,1H3,(H,20,21). The monoisotopic (exact) mass is 317 g/mol. The van der Waals surface area contributed by atoms with E-state index in [4.69, 9.17) is 9.84 Å². The van der Waals surface area contributed by atoms with E-state index in [0.29, 0.717) is 24.4 Å². The molecule has 3 rings (SSSR count). The highest BCUT2D eigenvalue weighted by Crippen LogP contribution is 2.36. The molecule has 2 atom stereocenters. The van der Waals surface area contributed by atoms with Crippen LogP contribution in [0, 0.1) is 0 Å². The van der Waals surface area contributed by atoms with Crippen molar-refractivity contribution in [1.82, 2.24) is 4.90 Å². The smallest absolute Gasteiger partial charge is 0.305 e. The molecular formula is C18H23NO4.